The molecule has 3 aliphatic rings. The molecule has 1 amide bonds. The van der Waals surface area contributed by atoms with Crippen LogP contribution in [0.1, 0.15) is 27.2 Å². The molecule has 2 aromatic rings. The fourth-order valence-electron chi connectivity index (χ4n) is 4.11. The number of amides is 1. The van der Waals surface area contributed by atoms with Crippen LogP contribution in [0.15, 0.2) is 10.5 Å². The molecule has 0 radical (unpaired) electrons. The number of nitrogens with zero attached hydrogens (tertiary/aromatic N) is 3. The Morgan fingerprint density at radius 2 is 2.13 bits per heavy atom. The van der Waals surface area contributed by atoms with E-state index in [9.17, 15) is 14.9 Å². The van der Waals surface area contributed by atoms with Gasteiger partial charge in [0.1, 0.15) is 11.3 Å². The second kappa shape index (κ2) is 8.03. The van der Waals surface area contributed by atoms with Gasteiger partial charge in [0.25, 0.3) is 0 Å². The van der Waals surface area contributed by atoms with Gasteiger partial charge < -0.3 is 15.0 Å². The SMILES string of the molecule is CC(C)(C)OC(=O)N1CC2CC1C2Nc1c([N+](=O)[O-])c(Cl)nc2c(Br)c(Cl)c(I)cc12. The molecule has 1 aromatic carbocycles. The van der Waals surface area contributed by atoms with E-state index in [0.717, 1.165) is 6.42 Å². The number of fused-ring (bicyclic) bond motifs is 2. The minimum Gasteiger partial charge on any atom is -0.444 e. The second-order valence-corrected chi connectivity index (χ2v) is 11.3. The maximum Gasteiger partial charge on any atom is 0.410 e. The minimum absolute atomic E-state index is 0.115. The van der Waals surface area contributed by atoms with Crippen molar-refractivity contribution in [3.63, 3.8) is 0 Å². The lowest BCUT2D eigenvalue weighted by atomic mass is 9.79. The topological polar surface area (TPSA) is 97.6 Å². The normalized spacial score (nSPS) is 22.4. The summed E-state index contributed by atoms with van der Waals surface area (Å²) < 4.78 is 6.74. The highest BCUT2D eigenvalue weighted by molar-refractivity contribution is 14.1. The number of anilines is 1. The zero-order valence-corrected chi connectivity index (χ0v) is 22.0. The number of ether oxygens (including phenoxy) is 1. The monoisotopic (exact) mass is 642 g/mol. The summed E-state index contributed by atoms with van der Waals surface area (Å²) in [4.78, 5) is 29.8. The first-order valence-corrected chi connectivity index (χ1v) is 12.1. The van der Waals surface area contributed by atoms with Crippen molar-refractivity contribution in [2.24, 2.45) is 5.92 Å². The average molecular weight is 644 g/mol. The average Bonchev–Trinajstić information content (AvgIpc) is 3.23. The summed E-state index contributed by atoms with van der Waals surface area (Å²) in [6, 6.07) is 1.48. The molecule has 3 fully saturated rings. The molecule has 1 N–H and O–H groups in total. The van der Waals surface area contributed by atoms with Gasteiger partial charge in [-0.15, -0.1) is 0 Å². The number of hydrogen-bond acceptors (Lipinski definition) is 6. The number of benzene rings is 1. The van der Waals surface area contributed by atoms with Crippen molar-refractivity contribution >= 4 is 90.1 Å². The molecule has 2 saturated heterocycles. The maximum absolute atomic E-state index is 12.6. The van der Waals surface area contributed by atoms with Crippen LogP contribution in [0.2, 0.25) is 10.2 Å². The van der Waals surface area contributed by atoms with Gasteiger partial charge in [0, 0.05) is 21.4 Å². The summed E-state index contributed by atoms with van der Waals surface area (Å²) in [5, 5.41) is 15.9. The highest BCUT2D eigenvalue weighted by atomic mass is 127. The van der Waals surface area contributed by atoms with Gasteiger partial charge in [-0.1, -0.05) is 23.2 Å². The molecule has 1 aromatic heterocycles. The molecule has 1 saturated carbocycles. The number of aromatic nitrogens is 1. The van der Waals surface area contributed by atoms with Crippen molar-refractivity contribution in [1.29, 1.82) is 0 Å². The first kappa shape index (κ1) is 23.1. The van der Waals surface area contributed by atoms with Crippen LogP contribution in [0.5, 0.6) is 0 Å². The highest BCUT2D eigenvalue weighted by Gasteiger charge is 2.55. The number of carbonyl (C=O) groups excluding carboxylic acids is 1. The summed E-state index contributed by atoms with van der Waals surface area (Å²) in [6.07, 6.45) is 0.439. The first-order valence-electron chi connectivity index (χ1n) is 9.46. The van der Waals surface area contributed by atoms with Gasteiger partial charge in [0.05, 0.1) is 32.0 Å². The van der Waals surface area contributed by atoms with Crippen LogP contribution < -0.4 is 5.32 Å². The molecule has 12 heteroatoms. The number of hydrogen-bond donors (Lipinski definition) is 1. The highest BCUT2D eigenvalue weighted by Crippen LogP contribution is 2.48. The van der Waals surface area contributed by atoms with Crippen molar-refractivity contribution in [2.45, 2.75) is 44.9 Å². The molecular weight excluding hydrogens is 626 g/mol. The van der Waals surface area contributed by atoms with Crippen LogP contribution in [0, 0.1) is 19.6 Å². The van der Waals surface area contributed by atoms with Crippen molar-refractivity contribution in [3.8, 4) is 0 Å². The summed E-state index contributed by atoms with van der Waals surface area (Å²) in [7, 11) is 0. The Morgan fingerprint density at radius 1 is 1.45 bits per heavy atom. The number of carbonyl (C=O) groups is 1. The first-order chi connectivity index (χ1) is 14.4. The molecule has 1 aliphatic carbocycles. The fourth-order valence-corrected chi connectivity index (χ4v) is 5.97. The lowest BCUT2D eigenvalue weighted by Crippen LogP contribution is -2.50. The molecule has 166 valence electrons. The molecule has 3 heterocycles. The van der Waals surface area contributed by atoms with E-state index in [4.69, 9.17) is 27.9 Å². The number of nitrogens with one attached hydrogen (secondary N) is 1. The number of pyridine rings is 1. The molecule has 5 rings (SSSR count). The Hall–Kier alpha value is -1.11. The Morgan fingerprint density at radius 3 is 2.74 bits per heavy atom. The lowest BCUT2D eigenvalue weighted by molar-refractivity contribution is -0.384. The lowest BCUT2D eigenvalue weighted by Gasteiger charge is -2.38. The van der Waals surface area contributed by atoms with Crippen LogP contribution in [0.25, 0.3) is 10.9 Å². The van der Waals surface area contributed by atoms with Crippen LogP contribution >= 0.6 is 61.7 Å². The molecule has 8 nitrogen and oxygen atoms in total. The van der Waals surface area contributed by atoms with Gasteiger partial charge in [-0.05, 0) is 71.8 Å². The standard InChI is InChI=1S/C19H18BrCl2IN4O4/c1-19(2,3)31-18(28)26-6-7-4-10(26)13(7)24-15-8-5-9(23)12(21)11(20)14(8)25-17(22)16(15)27(29)30/h5,7,10,13H,4,6H2,1-3H3,(H,24,25). The Labute approximate surface area is 210 Å². The van der Waals surface area contributed by atoms with Crippen molar-refractivity contribution in [2.75, 3.05) is 11.9 Å². The number of rotatable bonds is 3. The summed E-state index contributed by atoms with van der Waals surface area (Å²) in [6.45, 7) is 6.00. The Balaban J connectivity index is 1.73. The van der Waals surface area contributed by atoms with E-state index in [-0.39, 0.29) is 40.6 Å². The molecule has 2 bridgehead atoms. The Bertz CT molecular complexity index is 1130. The fraction of sp³-hybridized carbons (Fsp3) is 0.474. The van der Waals surface area contributed by atoms with Crippen molar-refractivity contribution in [1.82, 2.24) is 9.88 Å². The molecule has 0 spiro atoms. The van der Waals surface area contributed by atoms with Gasteiger partial charge in [0.15, 0.2) is 0 Å². The van der Waals surface area contributed by atoms with Gasteiger partial charge in [-0.3, -0.25) is 10.1 Å². The van der Waals surface area contributed by atoms with E-state index in [1.54, 1.807) is 11.0 Å². The van der Waals surface area contributed by atoms with Crippen LogP contribution in [-0.2, 0) is 4.74 Å². The Kier molecular flexibility index (Phi) is 5.98. The van der Waals surface area contributed by atoms with E-state index in [2.05, 4.69) is 48.8 Å². The van der Waals surface area contributed by atoms with E-state index in [1.807, 2.05) is 20.8 Å². The van der Waals surface area contributed by atoms with Gasteiger partial charge in [-0.2, -0.15) is 0 Å². The maximum atomic E-state index is 12.6. The van der Waals surface area contributed by atoms with Crippen LogP contribution in [0.3, 0.4) is 0 Å². The smallest absolute Gasteiger partial charge is 0.410 e. The van der Waals surface area contributed by atoms with Crippen molar-refractivity contribution < 1.29 is 14.5 Å². The molecule has 2 aliphatic heterocycles. The van der Waals surface area contributed by atoms with Crippen molar-refractivity contribution in [3.05, 3.63) is 34.4 Å². The van der Waals surface area contributed by atoms with E-state index >= 15 is 0 Å². The second-order valence-electron chi connectivity index (χ2n) is 8.63. The van der Waals surface area contributed by atoms with E-state index in [1.165, 1.54) is 0 Å². The zero-order valence-electron chi connectivity index (χ0n) is 16.7. The molecule has 3 unspecified atom stereocenters. The molecular formula is C19H18BrCl2IN4O4. The van der Waals surface area contributed by atoms with Crippen LogP contribution in [0.4, 0.5) is 16.2 Å². The third kappa shape index (κ3) is 4.04. The molecule has 31 heavy (non-hydrogen) atoms. The summed E-state index contributed by atoms with van der Waals surface area (Å²) in [5.41, 5.74) is -0.183. The summed E-state index contributed by atoms with van der Waals surface area (Å²) in [5.74, 6) is 0.161. The third-order valence-corrected chi connectivity index (χ3v) is 8.29. The third-order valence-electron chi connectivity index (χ3n) is 5.47. The number of nitro groups is 1. The summed E-state index contributed by atoms with van der Waals surface area (Å²) >= 11 is 18.0. The van der Waals surface area contributed by atoms with Gasteiger partial charge in [0.2, 0.25) is 5.15 Å². The quantitative estimate of drug-likeness (QED) is 0.140. The minimum atomic E-state index is -0.594. The number of halogens is 4. The van der Waals surface area contributed by atoms with Gasteiger partial charge in [-0.25, -0.2) is 9.78 Å². The van der Waals surface area contributed by atoms with E-state index < -0.39 is 10.5 Å². The van der Waals surface area contributed by atoms with E-state index in [0.29, 0.717) is 30.5 Å². The predicted molar refractivity (Wildman–Crippen MR) is 131 cm³/mol. The van der Waals surface area contributed by atoms with Gasteiger partial charge >= 0.3 is 11.8 Å². The molecule has 3 atom stereocenters. The largest absolute Gasteiger partial charge is 0.444 e. The predicted octanol–water partition coefficient (Wildman–Crippen LogP) is 6.24. The zero-order chi connectivity index (χ0) is 22.8. The van der Waals surface area contributed by atoms with Crippen LogP contribution in [-0.4, -0.2) is 45.1 Å².